The summed E-state index contributed by atoms with van der Waals surface area (Å²) in [6, 6.07) is -6.99. The number of aliphatic hydroxyl groups excluding tert-OH is 1. The maximum Gasteiger partial charge on any atom is 0.326 e. The van der Waals surface area contributed by atoms with E-state index in [1.165, 1.54) is 77.0 Å². The quantitative estimate of drug-likeness (QED) is 0.0289. The predicted molar refractivity (Wildman–Crippen MR) is 265 cm³/mol. The molecule has 2 heterocycles. The summed E-state index contributed by atoms with van der Waals surface area (Å²) in [6.07, 6.45) is 2.66. The van der Waals surface area contributed by atoms with Crippen molar-refractivity contribution in [3.63, 3.8) is 0 Å². The van der Waals surface area contributed by atoms with Gasteiger partial charge in [-0.15, -0.1) is 0 Å². The highest BCUT2D eigenvalue weighted by Gasteiger charge is 2.34. The number of carboxylic acid groups (broad SMARTS) is 2. The van der Waals surface area contributed by atoms with E-state index in [9.17, 15) is 73.2 Å². The van der Waals surface area contributed by atoms with Gasteiger partial charge < -0.3 is 84.0 Å². The zero-order valence-corrected chi connectivity index (χ0v) is 42.7. The lowest BCUT2D eigenvalue weighted by molar-refractivity contribution is -0.143. The summed E-state index contributed by atoms with van der Waals surface area (Å²) in [5.41, 5.74) is 6.83. The molecule has 0 saturated carbocycles. The fraction of sp³-hybridized carbons (Fsp3) is 0.511. The second-order valence-corrected chi connectivity index (χ2v) is 18.1. The molecule has 17 N–H and O–H groups in total. The van der Waals surface area contributed by atoms with E-state index in [4.69, 9.17) is 5.73 Å². The number of nitrogens with zero attached hydrogens (tertiary/aromatic N) is 2. The molecule has 29 heteroatoms. The molecule has 0 aliphatic carbocycles. The number of carboxylic acids is 2. The van der Waals surface area contributed by atoms with E-state index in [2.05, 4.69) is 67.8 Å². The largest absolute Gasteiger partial charge is 0.508 e. The average molecular weight is 1070 g/mol. The first-order valence-corrected chi connectivity index (χ1v) is 24.1. The Bertz CT molecular complexity index is 2470. The number of aromatic hydroxyl groups is 1. The molecule has 9 amide bonds. The minimum atomic E-state index is -1.65. The van der Waals surface area contributed by atoms with Crippen LogP contribution in [-0.2, 0) is 72.0 Å². The number of hydrogen-bond donors (Lipinski definition) is 16. The molecule has 29 nitrogen and oxygen atoms in total. The van der Waals surface area contributed by atoms with Crippen LogP contribution in [0.2, 0.25) is 0 Å². The Kier molecular flexibility index (Phi) is 24.4. The zero-order valence-electron chi connectivity index (χ0n) is 42.7. The van der Waals surface area contributed by atoms with Gasteiger partial charge in [0, 0.05) is 49.5 Å². The highest BCUT2D eigenvalue weighted by molar-refractivity contribution is 5.98. The van der Waals surface area contributed by atoms with Crippen LogP contribution in [0.4, 0.5) is 0 Å². The van der Waals surface area contributed by atoms with Gasteiger partial charge in [0.05, 0.1) is 25.3 Å². The van der Waals surface area contributed by atoms with Gasteiger partial charge in [-0.1, -0.05) is 32.4 Å². The standard InChI is InChI=1S/C47H68N14O15/c1-7-22(2)38(47(75)76)61-41(69)25(5)55-43(71)33(15-28-17-49-20-52-28)57-35(64)19-51-39(67)23(3)54-42(70)31(12-13-36(65)66)58-45(73)34(16-29-18-50-21-53-29)60-44(72)32(14-27-8-10-30(63)11-9-27)59-40(68)24(4)56-46(74)37(48)26(6)62/h8-11,17-18,20-26,31-34,37-38,62-63H,7,12-16,19,48H2,1-6H3,(H,49,52)(H,50,53)(H,51,67)(H,54,70)(H,55,71)(H,56,74)(H,57,64)(H,58,73)(H,59,68)(H,60,72)(H,61,69)(H,65,66)(H,75,76)/t22-,23-,24-,25-,26+,31-,32-,33-,34-,37-,38-/m0/s1. The lowest BCUT2D eigenvalue weighted by Crippen LogP contribution is -2.60. The van der Waals surface area contributed by atoms with E-state index in [1.807, 2.05) is 0 Å². The fourth-order valence-electron chi connectivity index (χ4n) is 6.99. The Morgan fingerprint density at radius 1 is 0.579 bits per heavy atom. The normalized spacial score (nSPS) is 15.4. The highest BCUT2D eigenvalue weighted by Crippen LogP contribution is 2.13. The lowest BCUT2D eigenvalue weighted by Gasteiger charge is -2.26. The molecule has 2 aromatic heterocycles. The number of phenolic OH excluding ortho intramolecular Hbond substituents is 1. The minimum Gasteiger partial charge on any atom is -0.508 e. The molecule has 0 aliphatic rings. The van der Waals surface area contributed by atoms with Crippen molar-refractivity contribution in [2.45, 2.75) is 141 Å². The summed E-state index contributed by atoms with van der Waals surface area (Å²) in [4.78, 5) is 157. The van der Waals surface area contributed by atoms with Crippen LogP contribution in [0.15, 0.2) is 49.3 Å². The molecule has 0 saturated heterocycles. The number of hydrogen-bond acceptors (Lipinski definition) is 16. The van der Waals surface area contributed by atoms with Crippen molar-refractivity contribution in [2.75, 3.05) is 6.54 Å². The first-order chi connectivity index (χ1) is 35.8. The van der Waals surface area contributed by atoms with E-state index in [-0.39, 0.29) is 25.0 Å². The Hall–Kier alpha value is -8.47. The number of carbonyl (C=O) groups is 11. The molecule has 11 atom stereocenters. The van der Waals surface area contributed by atoms with E-state index in [1.54, 1.807) is 13.8 Å². The molecule has 0 radical (unpaired) electrons. The number of phenols is 1. The number of benzene rings is 1. The number of aromatic nitrogens is 4. The predicted octanol–water partition coefficient (Wildman–Crippen LogP) is -4.38. The maximum absolute atomic E-state index is 14.1. The molecule has 0 fully saturated rings. The number of carbonyl (C=O) groups excluding carboxylic acids is 9. The van der Waals surface area contributed by atoms with Gasteiger partial charge in [0.25, 0.3) is 0 Å². The number of H-pyrrole nitrogens is 2. The molecular weight excluding hydrogens is 1000 g/mol. The smallest absolute Gasteiger partial charge is 0.326 e. The molecule has 0 aliphatic heterocycles. The minimum absolute atomic E-state index is 0.0984. The lowest BCUT2D eigenvalue weighted by atomic mass is 9.99. The van der Waals surface area contributed by atoms with E-state index in [0.717, 1.165) is 0 Å². The van der Waals surface area contributed by atoms with E-state index < -0.39 is 151 Å². The number of aliphatic carboxylic acids is 2. The summed E-state index contributed by atoms with van der Waals surface area (Å²) in [6.45, 7) is 7.74. The second kappa shape index (κ2) is 30.0. The third-order valence-corrected chi connectivity index (χ3v) is 11.8. The van der Waals surface area contributed by atoms with Crippen molar-refractivity contribution < 1.29 is 73.2 Å². The number of nitrogens with two attached hydrogens (primary N) is 1. The van der Waals surface area contributed by atoms with Gasteiger partial charge in [0.15, 0.2) is 0 Å². The van der Waals surface area contributed by atoms with E-state index >= 15 is 0 Å². The molecule has 0 spiro atoms. The number of aromatic amines is 2. The van der Waals surface area contributed by atoms with Crippen LogP contribution < -0.4 is 53.6 Å². The fourth-order valence-corrected chi connectivity index (χ4v) is 6.99. The van der Waals surface area contributed by atoms with Gasteiger partial charge in [-0.05, 0) is 57.7 Å². The van der Waals surface area contributed by atoms with Crippen LogP contribution in [-0.4, -0.2) is 172 Å². The average Bonchev–Trinajstić information content (AvgIpc) is 4.10. The molecule has 3 aromatic rings. The van der Waals surface area contributed by atoms with Crippen molar-refractivity contribution in [3.05, 3.63) is 66.3 Å². The summed E-state index contributed by atoms with van der Waals surface area (Å²) >= 11 is 0. The zero-order chi connectivity index (χ0) is 56.8. The number of amides is 9. The van der Waals surface area contributed by atoms with Crippen LogP contribution in [0.1, 0.15) is 77.8 Å². The summed E-state index contributed by atoms with van der Waals surface area (Å²) in [5.74, 6) is -11.4. The molecule has 0 unspecified atom stereocenters. The monoisotopic (exact) mass is 1070 g/mol. The summed E-state index contributed by atoms with van der Waals surface area (Å²) in [5, 5.41) is 60.5. The van der Waals surface area contributed by atoms with Crippen molar-refractivity contribution in [2.24, 2.45) is 11.7 Å². The molecule has 1 aromatic carbocycles. The Morgan fingerprint density at radius 2 is 1.03 bits per heavy atom. The Morgan fingerprint density at radius 3 is 1.51 bits per heavy atom. The van der Waals surface area contributed by atoms with Gasteiger partial charge >= 0.3 is 11.9 Å². The maximum atomic E-state index is 14.1. The summed E-state index contributed by atoms with van der Waals surface area (Å²) < 4.78 is 0. The van der Waals surface area contributed by atoms with Gasteiger partial charge in [-0.25, -0.2) is 14.8 Å². The highest BCUT2D eigenvalue weighted by atomic mass is 16.4. The SMILES string of the molecule is CC[C@H](C)[C@H](NC(=O)[C@H](C)NC(=O)[C@H](Cc1cnc[nH]1)NC(=O)CNC(=O)[C@H](C)NC(=O)[C@H](CCC(=O)O)NC(=O)[C@H](Cc1cnc[nH]1)NC(=O)[C@H](Cc1ccc(O)cc1)NC(=O)[C@H](C)NC(=O)[C@@H](N)[C@@H](C)O)C(=O)O. The Labute approximate surface area is 435 Å². The van der Waals surface area contributed by atoms with Crippen molar-refractivity contribution in [1.82, 2.24) is 67.8 Å². The number of aliphatic hydroxyl groups is 1. The van der Waals surface area contributed by atoms with Crippen molar-refractivity contribution in [1.29, 1.82) is 0 Å². The molecular formula is C47H68N14O15. The van der Waals surface area contributed by atoms with Gasteiger partial charge in [-0.3, -0.25) is 47.9 Å². The molecule has 3 rings (SSSR count). The van der Waals surface area contributed by atoms with Crippen LogP contribution in [0.25, 0.3) is 0 Å². The van der Waals surface area contributed by atoms with Crippen LogP contribution in [0.3, 0.4) is 0 Å². The first kappa shape index (κ1) is 61.8. The molecule has 0 bridgehead atoms. The van der Waals surface area contributed by atoms with Gasteiger partial charge in [0.1, 0.15) is 60.1 Å². The van der Waals surface area contributed by atoms with Crippen LogP contribution in [0, 0.1) is 5.92 Å². The van der Waals surface area contributed by atoms with E-state index in [0.29, 0.717) is 23.4 Å². The third kappa shape index (κ3) is 20.4. The topological polar surface area (TPSA) is 460 Å². The number of rotatable bonds is 31. The summed E-state index contributed by atoms with van der Waals surface area (Å²) in [7, 11) is 0. The Balaban J connectivity index is 1.75. The number of nitrogens with one attached hydrogen (secondary N) is 11. The van der Waals surface area contributed by atoms with Crippen LogP contribution in [0.5, 0.6) is 5.75 Å². The molecule has 76 heavy (non-hydrogen) atoms. The number of imidazole rings is 2. The van der Waals surface area contributed by atoms with Gasteiger partial charge in [-0.2, -0.15) is 0 Å². The van der Waals surface area contributed by atoms with Crippen molar-refractivity contribution >= 4 is 65.1 Å². The second-order valence-electron chi connectivity index (χ2n) is 18.1. The first-order valence-electron chi connectivity index (χ1n) is 24.1. The third-order valence-electron chi connectivity index (χ3n) is 11.8. The van der Waals surface area contributed by atoms with Gasteiger partial charge in [0.2, 0.25) is 53.2 Å². The van der Waals surface area contributed by atoms with Crippen molar-refractivity contribution in [3.8, 4) is 5.75 Å². The van der Waals surface area contributed by atoms with Crippen LogP contribution >= 0.6 is 0 Å². The molecule has 416 valence electrons.